The molecule has 0 saturated heterocycles. The summed E-state index contributed by atoms with van der Waals surface area (Å²) in [6.07, 6.45) is 0. The van der Waals surface area contributed by atoms with Gasteiger partial charge in [0.25, 0.3) is 5.91 Å². The van der Waals surface area contributed by atoms with E-state index in [1.54, 1.807) is 50.5 Å². The van der Waals surface area contributed by atoms with E-state index in [-0.39, 0.29) is 18.4 Å². The Labute approximate surface area is 158 Å². The molecule has 0 aliphatic rings. The first-order chi connectivity index (χ1) is 12.3. The van der Waals surface area contributed by atoms with Crippen LogP contribution in [0, 0.1) is 6.92 Å². The molecule has 2 amide bonds. The van der Waals surface area contributed by atoms with Gasteiger partial charge in [0.15, 0.2) is 0 Å². The van der Waals surface area contributed by atoms with Gasteiger partial charge in [0.1, 0.15) is 5.75 Å². The van der Waals surface area contributed by atoms with Gasteiger partial charge in [0, 0.05) is 36.4 Å². The minimum absolute atomic E-state index is 0.0461. The smallest absolute Gasteiger partial charge is 0.253 e. The lowest BCUT2D eigenvalue weighted by molar-refractivity contribution is -0.114. The highest BCUT2D eigenvalue weighted by Crippen LogP contribution is 2.30. The maximum atomic E-state index is 12.2. The standard InChI is InChI=1S/C19H22ClN3O3/c1-12-8-16(17(26-4)10-15(12)20)22-18(24)11-21-14-7-5-6-13(9-14)19(25)23(2)3/h5-10,21H,11H2,1-4H3,(H,22,24). The Bertz CT molecular complexity index is 822. The van der Waals surface area contributed by atoms with E-state index in [9.17, 15) is 9.59 Å². The first-order valence-electron chi connectivity index (χ1n) is 8.01. The number of hydrogen-bond acceptors (Lipinski definition) is 4. The zero-order chi connectivity index (χ0) is 19.3. The van der Waals surface area contributed by atoms with Gasteiger partial charge in [-0.1, -0.05) is 17.7 Å². The number of nitrogens with zero attached hydrogens (tertiary/aromatic N) is 1. The summed E-state index contributed by atoms with van der Waals surface area (Å²) >= 11 is 6.07. The maximum Gasteiger partial charge on any atom is 0.253 e. The molecular weight excluding hydrogens is 354 g/mol. The van der Waals surface area contributed by atoms with Crippen LogP contribution in [0.25, 0.3) is 0 Å². The fourth-order valence-electron chi connectivity index (χ4n) is 2.33. The van der Waals surface area contributed by atoms with Gasteiger partial charge in [-0.25, -0.2) is 0 Å². The summed E-state index contributed by atoms with van der Waals surface area (Å²) in [5.41, 5.74) is 2.63. The third-order valence-corrected chi connectivity index (χ3v) is 4.13. The van der Waals surface area contributed by atoms with Gasteiger partial charge in [-0.2, -0.15) is 0 Å². The molecule has 138 valence electrons. The van der Waals surface area contributed by atoms with Crippen LogP contribution in [0.2, 0.25) is 5.02 Å². The molecule has 0 saturated carbocycles. The van der Waals surface area contributed by atoms with Crippen LogP contribution in [-0.4, -0.2) is 44.5 Å². The molecule has 0 bridgehead atoms. The molecule has 0 aliphatic heterocycles. The molecule has 0 atom stereocenters. The summed E-state index contributed by atoms with van der Waals surface area (Å²) in [5.74, 6) is 0.154. The first-order valence-corrected chi connectivity index (χ1v) is 8.39. The van der Waals surface area contributed by atoms with Gasteiger partial charge in [-0.05, 0) is 36.8 Å². The van der Waals surface area contributed by atoms with Crippen molar-refractivity contribution in [3.05, 3.63) is 52.5 Å². The Morgan fingerprint density at radius 2 is 1.92 bits per heavy atom. The van der Waals surface area contributed by atoms with Crippen molar-refractivity contribution in [3.63, 3.8) is 0 Å². The molecule has 7 heteroatoms. The minimum Gasteiger partial charge on any atom is -0.495 e. The molecule has 0 fully saturated rings. The zero-order valence-electron chi connectivity index (χ0n) is 15.2. The van der Waals surface area contributed by atoms with Crippen LogP contribution < -0.4 is 15.4 Å². The predicted molar refractivity (Wildman–Crippen MR) is 104 cm³/mol. The lowest BCUT2D eigenvalue weighted by Crippen LogP contribution is -2.23. The van der Waals surface area contributed by atoms with Crippen molar-refractivity contribution in [2.24, 2.45) is 0 Å². The fraction of sp³-hybridized carbons (Fsp3) is 0.263. The summed E-state index contributed by atoms with van der Waals surface area (Å²) < 4.78 is 5.25. The molecule has 26 heavy (non-hydrogen) atoms. The van der Waals surface area contributed by atoms with Gasteiger partial charge >= 0.3 is 0 Å². The van der Waals surface area contributed by atoms with Crippen LogP contribution in [0.1, 0.15) is 15.9 Å². The largest absolute Gasteiger partial charge is 0.495 e. The highest BCUT2D eigenvalue weighted by molar-refractivity contribution is 6.31. The summed E-state index contributed by atoms with van der Waals surface area (Å²) in [5, 5.41) is 6.38. The molecule has 2 aromatic carbocycles. The number of nitrogens with one attached hydrogen (secondary N) is 2. The molecule has 2 aromatic rings. The number of rotatable bonds is 6. The van der Waals surface area contributed by atoms with Crippen LogP contribution in [0.5, 0.6) is 5.75 Å². The molecule has 6 nitrogen and oxygen atoms in total. The first kappa shape index (κ1) is 19.6. The number of hydrogen-bond donors (Lipinski definition) is 2. The molecule has 0 radical (unpaired) electrons. The average molecular weight is 376 g/mol. The molecule has 0 unspecified atom stereocenters. The van der Waals surface area contributed by atoms with E-state index in [1.807, 2.05) is 6.92 Å². The Balaban J connectivity index is 2.03. The monoisotopic (exact) mass is 375 g/mol. The summed E-state index contributed by atoms with van der Waals surface area (Å²) in [4.78, 5) is 25.7. The second-order valence-corrected chi connectivity index (χ2v) is 6.39. The van der Waals surface area contributed by atoms with Crippen molar-refractivity contribution in [2.75, 3.05) is 38.4 Å². The zero-order valence-corrected chi connectivity index (χ0v) is 16.0. The third kappa shape index (κ3) is 4.89. The number of amides is 2. The van der Waals surface area contributed by atoms with Crippen LogP contribution in [0.3, 0.4) is 0 Å². The van der Waals surface area contributed by atoms with Gasteiger partial charge in [-0.3, -0.25) is 9.59 Å². The number of halogens is 1. The molecule has 0 aromatic heterocycles. The van der Waals surface area contributed by atoms with E-state index in [2.05, 4.69) is 10.6 Å². The van der Waals surface area contributed by atoms with Gasteiger partial charge < -0.3 is 20.3 Å². The average Bonchev–Trinajstić information content (AvgIpc) is 2.62. The lowest BCUT2D eigenvalue weighted by Gasteiger charge is -2.14. The number of benzene rings is 2. The highest BCUT2D eigenvalue weighted by atomic mass is 35.5. The van der Waals surface area contributed by atoms with Crippen molar-refractivity contribution in [1.82, 2.24) is 4.90 Å². The molecule has 0 spiro atoms. The van der Waals surface area contributed by atoms with E-state index in [0.29, 0.717) is 27.7 Å². The lowest BCUT2D eigenvalue weighted by atomic mass is 10.2. The van der Waals surface area contributed by atoms with Crippen molar-refractivity contribution in [2.45, 2.75) is 6.92 Å². The topological polar surface area (TPSA) is 70.7 Å². The number of aryl methyl sites for hydroxylation is 1. The van der Waals surface area contributed by atoms with Gasteiger partial charge in [-0.15, -0.1) is 0 Å². The van der Waals surface area contributed by atoms with E-state index in [4.69, 9.17) is 16.3 Å². The van der Waals surface area contributed by atoms with Crippen LogP contribution >= 0.6 is 11.6 Å². The second-order valence-electron chi connectivity index (χ2n) is 5.98. The number of methoxy groups -OCH3 is 1. The fourth-order valence-corrected chi connectivity index (χ4v) is 2.48. The predicted octanol–water partition coefficient (Wildman–Crippen LogP) is 3.41. The SMILES string of the molecule is COc1cc(Cl)c(C)cc1NC(=O)CNc1cccc(C(=O)N(C)C)c1. The third-order valence-electron chi connectivity index (χ3n) is 3.72. The van der Waals surface area contributed by atoms with E-state index >= 15 is 0 Å². The van der Waals surface area contributed by atoms with Gasteiger partial charge in [0.2, 0.25) is 5.91 Å². The van der Waals surface area contributed by atoms with E-state index in [0.717, 1.165) is 5.56 Å². The Morgan fingerprint density at radius 3 is 2.58 bits per heavy atom. The number of carbonyl (C=O) groups excluding carboxylic acids is 2. The quantitative estimate of drug-likeness (QED) is 0.811. The number of carbonyl (C=O) groups is 2. The normalized spacial score (nSPS) is 10.2. The maximum absolute atomic E-state index is 12.2. The van der Waals surface area contributed by atoms with Crippen LogP contribution in [-0.2, 0) is 4.79 Å². The number of anilines is 2. The van der Waals surface area contributed by atoms with Crippen molar-refractivity contribution >= 4 is 34.8 Å². The van der Waals surface area contributed by atoms with Gasteiger partial charge in [0.05, 0.1) is 19.3 Å². The highest BCUT2D eigenvalue weighted by Gasteiger charge is 2.11. The molecule has 0 heterocycles. The molecule has 2 rings (SSSR count). The van der Waals surface area contributed by atoms with Crippen LogP contribution in [0.15, 0.2) is 36.4 Å². The van der Waals surface area contributed by atoms with Crippen molar-refractivity contribution in [1.29, 1.82) is 0 Å². The van der Waals surface area contributed by atoms with E-state index < -0.39 is 0 Å². The molecular formula is C19H22ClN3O3. The Kier molecular flexibility index (Phi) is 6.46. The minimum atomic E-state index is -0.241. The Hall–Kier alpha value is -2.73. The second kappa shape index (κ2) is 8.58. The van der Waals surface area contributed by atoms with Crippen molar-refractivity contribution in [3.8, 4) is 5.75 Å². The van der Waals surface area contributed by atoms with Crippen LogP contribution in [0.4, 0.5) is 11.4 Å². The Morgan fingerprint density at radius 1 is 1.19 bits per heavy atom. The number of ether oxygens (including phenoxy) is 1. The van der Waals surface area contributed by atoms with Crippen molar-refractivity contribution < 1.29 is 14.3 Å². The molecule has 2 N–H and O–H groups in total. The molecule has 0 aliphatic carbocycles. The van der Waals surface area contributed by atoms with E-state index in [1.165, 1.54) is 12.0 Å². The summed E-state index contributed by atoms with van der Waals surface area (Å²) in [7, 11) is 4.90. The summed E-state index contributed by atoms with van der Waals surface area (Å²) in [6, 6.07) is 10.4. The summed E-state index contributed by atoms with van der Waals surface area (Å²) in [6.45, 7) is 1.90.